The lowest BCUT2D eigenvalue weighted by Crippen LogP contribution is -2.30. The first-order valence-electron chi connectivity index (χ1n) is 47.5. The second kappa shape index (κ2) is 83.1. The molecule has 0 amide bonds. The molecule has 5 atom stereocenters. The Kier molecular flexibility index (Phi) is 81.7. The first-order valence-corrected chi connectivity index (χ1v) is 50.5. The van der Waals surface area contributed by atoms with Gasteiger partial charge in [0.2, 0.25) is 0 Å². The van der Waals surface area contributed by atoms with Crippen molar-refractivity contribution in [2.24, 2.45) is 11.8 Å². The molecule has 660 valence electrons. The third kappa shape index (κ3) is 85.8. The summed E-state index contributed by atoms with van der Waals surface area (Å²) < 4.78 is 69.0. The van der Waals surface area contributed by atoms with E-state index in [0.29, 0.717) is 31.6 Å². The first kappa shape index (κ1) is 109. The number of rotatable bonds is 91. The second-order valence-electron chi connectivity index (χ2n) is 34.0. The Balaban J connectivity index is 5.20. The van der Waals surface area contributed by atoms with Gasteiger partial charge in [-0.2, -0.15) is 0 Å². The first-order chi connectivity index (χ1) is 53.9. The summed E-state index contributed by atoms with van der Waals surface area (Å²) in [6.07, 6.45) is 78.2. The van der Waals surface area contributed by atoms with Crippen molar-refractivity contribution in [1.82, 2.24) is 0 Å². The van der Waals surface area contributed by atoms with Crippen LogP contribution in [0.1, 0.15) is 497 Å². The van der Waals surface area contributed by atoms with Gasteiger partial charge in [-0.3, -0.25) is 37.3 Å². The van der Waals surface area contributed by atoms with Gasteiger partial charge in [-0.05, 0) is 37.5 Å². The molecule has 19 heteroatoms. The summed E-state index contributed by atoms with van der Waals surface area (Å²) in [5.74, 6) is -0.599. The Labute approximate surface area is 683 Å². The van der Waals surface area contributed by atoms with Crippen LogP contribution in [0.4, 0.5) is 0 Å². The third-order valence-electron chi connectivity index (χ3n) is 21.7. The number of aliphatic hydroxyl groups is 1. The van der Waals surface area contributed by atoms with Crippen LogP contribution < -0.4 is 0 Å². The Bertz CT molecular complexity index is 2120. The molecule has 0 radical (unpaired) electrons. The predicted molar refractivity (Wildman–Crippen MR) is 460 cm³/mol. The number of hydrogen-bond acceptors (Lipinski definition) is 15. The van der Waals surface area contributed by atoms with Gasteiger partial charge in [-0.25, -0.2) is 9.13 Å². The molecule has 0 saturated carbocycles. The fraction of sp³-hybridized carbons (Fsp3) is 0.957. The number of ether oxygens (including phenoxy) is 4. The summed E-state index contributed by atoms with van der Waals surface area (Å²) in [7, 11) is -9.94. The standard InChI is InChI=1S/C92H180O17P2/c1-7-9-11-13-15-17-19-21-23-25-27-29-31-33-35-37-42-46-50-56-62-68-74-89(94)102-80-87(108-91(96)76-70-64-57-51-47-43-38-36-34-32-30-28-26-24-22-20-18-16-14-12-10-8-2)82-106-110(98,99)104-78-86(93)79-105-111(100,101)107-83-88(81-103-90(95)75-69-63-59-53-55-61-67-73-85(5)6)109-92(97)77-71-65-58-52-48-44-40-39-41-45-49-54-60-66-72-84(3)4/h84-88,93H,7-83H2,1-6H3,(H,98,99)(H,100,101)/t86-,87-,88-/m1/s1. The number of aliphatic hydroxyl groups excluding tert-OH is 1. The van der Waals surface area contributed by atoms with Crippen LogP contribution in [0.25, 0.3) is 0 Å². The van der Waals surface area contributed by atoms with E-state index in [0.717, 1.165) is 102 Å². The van der Waals surface area contributed by atoms with Gasteiger partial charge in [-0.15, -0.1) is 0 Å². The van der Waals surface area contributed by atoms with Crippen molar-refractivity contribution in [3.05, 3.63) is 0 Å². The predicted octanol–water partition coefficient (Wildman–Crippen LogP) is 28.6. The molecule has 0 aliphatic heterocycles. The van der Waals surface area contributed by atoms with Crippen LogP contribution in [0.3, 0.4) is 0 Å². The van der Waals surface area contributed by atoms with Gasteiger partial charge in [0.1, 0.15) is 19.3 Å². The van der Waals surface area contributed by atoms with Crippen molar-refractivity contribution in [2.45, 2.75) is 516 Å². The molecule has 111 heavy (non-hydrogen) atoms. The quantitative estimate of drug-likeness (QED) is 0.0222. The maximum Gasteiger partial charge on any atom is 0.472 e. The van der Waals surface area contributed by atoms with Crippen LogP contribution >= 0.6 is 15.6 Å². The third-order valence-corrected chi connectivity index (χ3v) is 23.6. The van der Waals surface area contributed by atoms with Crippen molar-refractivity contribution in [3.8, 4) is 0 Å². The average molecular weight is 1620 g/mol. The summed E-state index contributed by atoms with van der Waals surface area (Å²) in [6, 6.07) is 0. The molecule has 17 nitrogen and oxygen atoms in total. The number of unbranched alkanes of at least 4 members (excludes halogenated alkanes) is 61. The number of hydrogen-bond donors (Lipinski definition) is 3. The minimum Gasteiger partial charge on any atom is -0.462 e. The van der Waals surface area contributed by atoms with E-state index in [2.05, 4.69) is 41.5 Å². The van der Waals surface area contributed by atoms with E-state index in [4.69, 9.17) is 37.0 Å². The molecule has 0 aliphatic carbocycles. The monoisotopic (exact) mass is 1620 g/mol. The van der Waals surface area contributed by atoms with Crippen LogP contribution in [0, 0.1) is 11.8 Å². The minimum atomic E-state index is -4.97. The molecule has 0 aromatic rings. The number of carbonyl (C=O) groups is 4. The molecule has 2 unspecified atom stereocenters. The smallest absolute Gasteiger partial charge is 0.462 e. The summed E-state index contributed by atoms with van der Waals surface area (Å²) in [4.78, 5) is 73.4. The molecule has 0 heterocycles. The van der Waals surface area contributed by atoms with Crippen molar-refractivity contribution >= 4 is 39.5 Å². The highest BCUT2D eigenvalue weighted by atomic mass is 31.2. The summed E-state index contributed by atoms with van der Waals surface area (Å²) in [5.41, 5.74) is 0. The Morgan fingerprint density at radius 2 is 0.414 bits per heavy atom. The second-order valence-corrected chi connectivity index (χ2v) is 36.9. The lowest BCUT2D eigenvalue weighted by Gasteiger charge is -2.21. The molecule has 0 aliphatic rings. The Morgan fingerprint density at radius 3 is 0.613 bits per heavy atom. The fourth-order valence-electron chi connectivity index (χ4n) is 14.5. The molecular formula is C92H180O17P2. The Hall–Kier alpha value is -1.94. The van der Waals surface area contributed by atoms with Gasteiger partial charge in [0, 0.05) is 25.7 Å². The largest absolute Gasteiger partial charge is 0.472 e. The zero-order chi connectivity index (χ0) is 81.3. The maximum atomic E-state index is 13.2. The molecular weight excluding hydrogens is 1440 g/mol. The van der Waals surface area contributed by atoms with E-state index in [9.17, 15) is 43.2 Å². The highest BCUT2D eigenvalue weighted by molar-refractivity contribution is 7.47. The van der Waals surface area contributed by atoms with E-state index in [1.807, 2.05) is 0 Å². The van der Waals surface area contributed by atoms with Gasteiger partial charge in [-0.1, -0.05) is 446 Å². The van der Waals surface area contributed by atoms with Crippen LogP contribution in [-0.4, -0.2) is 96.7 Å². The zero-order valence-electron chi connectivity index (χ0n) is 73.3. The lowest BCUT2D eigenvalue weighted by atomic mass is 10.0. The average Bonchev–Trinajstić information content (AvgIpc) is 0.898. The van der Waals surface area contributed by atoms with Gasteiger partial charge < -0.3 is 33.8 Å². The molecule has 0 fully saturated rings. The van der Waals surface area contributed by atoms with E-state index >= 15 is 0 Å². The van der Waals surface area contributed by atoms with E-state index in [1.165, 1.54) is 308 Å². The van der Waals surface area contributed by atoms with Crippen LogP contribution in [0.2, 0.25) is 0 Å². The zero-order valence-corrected chi connectivity index (χ0v) is 75.1. The number of esters is 4. The molecule has 0 bridgehead atoms. The van der Waals surface area contributed by atoms with Gasteiger partial charge >= 0.3 is 39.5 Å². The highest BCUT2D eigenvalue weighted by Crippen LogP contribution is 2.45. The van der Waals surface area contributed by atoms with Crippen LogP contribution in [0.15, 0.2) is 0 Å². The van der Waals surface area contributed by atoms with Crippen molar-refractivity contribution in [1.29, 1.82) is 0 Å². The SMILES string of the molecule is CCCCCCCCCCCCCCCCCCCCCCCCC(=O)OC[C@H](COP(=O)(O)OC[C@@H](O)COP(=O)(O)OC[C@@H](COC(=O)CCCCCCCCCC(C)C)OC(=O)CCCCCCCCCCCCCCCCC(C)C)OC(=O)CCCCCCCCCCCCCCCCCCCCCCCC. The summed E-state index contributed by atoms with van der Waals surface area (Å²) in [5, 5.41) is 10.7. The molecule has 0 saturated heterocycles. The van der Waals surface area contributed by atoms with E-state index < -0.39 is 97.5 Å². The molecule has 0 rings (SSSR count). The number of phosphoric acid groups is 2. The lowest BCUT2D eigenvalue weighted by molar-refractivity contribution is -0.161. The van der Waals surface area contributed by atoms with Crippen LogP contribution in [-0.2, 0) is 65.4 Å². The maximum absolute atomic E-state index is 13.2. The van der Waals surface area contributed by atoms with E-state index in [-0.39, 0.29) is 25.7 Å². The van der Waals surface area contributed by atoms with Crippen molar-refractivity contribution in [3.63, 3.8) is 0 Å². The molecule has 0 aromatic carbocycles. The van der Waals surface area contributed by atoms with Crippen molar-refractivity contribution in [2.75, 3.05) is 39.6 Å². The molecule has 3 N–H and O–H groups in total. The number of phosphoric ester groups is 2. The van der Waals surface area contributed by atoms with Crippen LogP contribution in [0.5, 0.6) is 0 Å². The van der Waals surface area contributed by atoms with Crippen molar-refractivity contribution < 1.29 is 80.2 Å². The minimum absolute atomic E-state index is 0.107. The van der Waals surface area contributed by atoms with Gasteiger partial charge in [0.25, 0.3) is 0 Å². The number of carbonyl (C=O) groups excluding carboxylic acids is 4. The topological polar surface area (TPSA) is 237 Å². The molecule has 0 spiro atoms. The summed E-state index contributed by atoms with van der Waals surface area (Å²) in [6.45, 7) is 9.66. The van der Waals surface area contributed by atoms with Gasteiger partial charge in [0.05, 0.1) is 26.4 Å². The Morgan fingerprint density at radius 1 is 0.243 bits per heavy atom. The normalized spacial score (nSPS) is 13.7. The summed E-state index contributed by atoms with van der Waals surface area (Å²) >= 11 is 0. The van der Waals surface area contributed by atoms with E-state index in [1.54, 1.807) is 0 Å². The van der Waals surface area contributed by atoms with Gasteiger partial charge in [0.15, 0.2) is 12.2 Å². The molecule has 0 aromatic heterocycles. The fourth-order valence-corrected chi connectivity index (χ4v) is 16.1. The highest BCUT2D eigenvalue weighted by Gasteiger charge is 2.31.